The van der Waals surface area contributed by atoms with Gasteiger partial charge in [0, 0.05) is 11.0 Å². The Labute approximate surface area is 116 Å². The lowest BCUT2D eigenvalue weighted by atomic mass is 9.78. The Morgan fingerprint density at radius 1 is 1.15 bits per heavy atom. The van der Waals surface area contributed by atoms with Gasteiger partial charge < -0.3 is 19.8 Å². The van der Waals surface area contributed by atoms with Crippen molar-refractivity contribution in [2.45, 2.75) is 0 Å². The van der Waals surface area contributed by atoms with Crippen LogP contribution in [0.1, 0.15) is 0 Å². The summed E-state index contributed by atoms with van der Waals surface area (Å²) >= 11 is 0. The zero-order chi connectivity index (χ0) is 14.1. The monoisotopic (exact) mass is 268 g/mol. The first-order valence-electron chi connectivity index (χ1n) is 6.18. The van der Waals surface area contributed by atoms with Gasteiger partial charge in [0.15, 0.2) is 0 Å². The highest BCUT2D eigenvalue weighted by molar-refractivity contribution is 6.59. The molecular weight excluding hydrogens is 255 g/mol. The van der Waals surface area contributed by atoms with Crippen LogP contribution in [0.2, 0.25) is 0 Å². The van der Waals surface area contributed by atoms with Crippen LogP contribution in [0.3, 0.4) is 0 Å². The summed E-state index contributed by atoms with van der Waals surface area (Å²) in [5, 5.41) is 18.8. The van der Waals surface area contributed by atoms with Crippen LogP contribution in [-0.4, -0.2) is 34.2 Å². The van der Waals surface area contributed by atoms with Gasteiger partial charge in [0.1, 0.15) is 11.6 Å². The van der Waals surface area contributed by atoms with E-state index in [-0.39, 0.29) is 0 Å². The number of imidazole rings is 1. The second-order valence-electron chi connectivity index (χ2n) is 4.43. The smallest absolute Gasteiger partial charge is 0.492 e. The molecule has 3 N–H and O–H groups in total. The van der Waals surface area contributed by atoms with Crippen LogP contribution < -0.4 is 10.2 Å². The lowest BCUT2D eigenvalue weighted by Gasteiger charge is -2.08. The van der Waals surface area contributed by atoms with Crippen LogP contribution in [-0.2, 0) is 0 Å². The summed E-state index contributed by atoms with van der Waals surface area (Å²) in [5.41, 5.74) is 2.88. The topological polar surface area (TPSA) is 78.4 Å². The molecule has 100 valence electrons. The summed E-state index contributed by atoms with van der Waals surface area (Å²) in [4.78, 5) is 7.68. The molecule has 0 radical (unpaired) electrons. The number of nitrogens with zero attached hydrogens (tertiary/aromatic N) is 1. The van der Waals surface area contributed by atoms with E-state index in [1.165, 1.54) is 7.11 Å². The van der Waals surface area contributed by atoms with Gasteiger partial charge >= 0.3 is 7.12 Å². The Hall–Kier alpha value is -2.31. The second-order valence-corrected chi connectivity index (χ2v) is 4.43. The summed E-state index contributed by atoms with van der Waals surface area (Å²) in [6.07, 6.45) is 0. The van der Waals surface area contributed by atoms with Crippen LogP contribution in [0.15, 0.2) is 42.5 Å². The minimum absolute atomic E-state index is 0.311. The fraction of sp³-hybridized carbons (Fsp3) is 0.0714. The van der Waals surface area contributed by atoms with Crippen LogP contribution >= 0.6 is 0 Å². The number of hydrogen-bond acceptors (Lipinski definition) is 4. The molecule has 0 spiro atoms. The van der Waals surface area contributed by atoms with Crippen LogP contribution in [0.5, 0.6) is 5.75 Å². The van der Waals surface area contributed by atoms with Gasteiger partial charge in [0.05, 0.1) is 18.1 Å². The average molecular weight is 268 g/mol. The van der Waals surface area contributed by atoms with Gasteiger partial charge in [0.2, 0.25) is 0 Å². The summed E-state index contributed by atoms with van der Waals surface area (Å²) in [5.74, 6) is 1.11. The highest BCUT2D eigenvalue weighted by Gasteiger charge is 2.18. The number of ether oxygens (including phenoxy) is 1. The number of nitrogens with one attached hydrogen (secondary N) is 1. The Kier molecular flexibility index (Phi) is 3.18. The van der Waals surface area contributed by atoms with Crippen molar-refractivity contribution in [2.24, 2.45) is 0 Å². The quantitative estimate of drug-likeness (QED) is 0.617. The highest BCUT2D eigenvalue weighted by atomic mass is 16.5. The van der Waals surface area contributed by atoms with Gasteiger partial charge in [-0.05, 0) is 30.3 Å². The number of aromatic nitrogens is 2. The van der Waals surface area contributed by atoms with Gasteiger partial charge in [0.25, 0.3) is 0 Å². The van der Waals surface area contributed by atoms with Gasteiger partial charge in [-0.25, -0.2) is 4.98 Å². The molecule has 0 amide bonds. The number of fused-ring (bicyclic) bond motifs is 1. The summed E-state index contributed by atoms with van der Waals surface area (Å²) in [7, 11) is -0.100. The molecule has 0 aliphatic carbocycles. The number of benzene rings is 2. The molecule has 1 aromatic heterocycles. The predicted octanol–water partition coefficient (Wildman–Crippen LogP) is 0.918. The molecule has 3 aromatic rings. The minimum atomic E-state index is -1.59. The molecule has 0 atom stereocenters. The molecule has 2 aromatic carbocycles. The van der Waals surface area contributed by atoms with Gasteiger partial charge in [-0.15, -0.1) is 0 Å². The molecular formula is C14H13BN2O3. The Morgan fingerprint density at radius 3 is 2.65 bits per heavy atom. The molecule has 0 aliphatic heterocycles. The second kappa shape index (κ2) is 4.99. The number of para-hydroxylation sites is 2. The van der Waals surface area contributed by atoms with E-state index in [0.29, 0.717) is 17.0 Å². The third-order valence-corrected chi connectivity index (χ3v) is 3.17. The SMILES string of the molecule is COc1ccc(-c2nc3ccccc3[nH]2)cc1B(O)O. The van der Waals surface area contributed by atoms with Crippen molar-refractivity contribution >= 4 is 23.6 Å². The summed E-state index contributed by atoms with van der Waals surface area (Å²) in [6, 6.07) is 12.9. The zero-order valence-electron chi connectivity index (χ0n) is 10.9. The number of methoxy groups -OCH3 is 1. The maximum atomic E-state index is 9.39. The van der Waals surface area contributed by atoms with Crippen molar-refractivity contribution in [2.75, 3.05) is 7.11 Å². The van der Waals surface area contributed by atoms with E-state index in [0.717, 1.165) is 16.6 Å². The Morgan fingerprint density at radius 2 is 1.95 bits per heavy atom. The molecule has 0 unspecified atom stereocenters. The number of aromatic amines is 1. The first-order chi connectivity index (χ1) is 9.69. The number of rotatable bonds is 3. The van der Waals surface area contributed by atoms with Crippen molar-refractivity contribution in [3.63, 3.8) is 0 Å². The summed E-state index contributed by atoms with van der Waals surface area (Å²) < 4.78 is 5.11. The summed E-state index contributed by atoms with van der Waals surface area (Å²) in [6.45, 7) is 0. The molecule has 0 fully saturated rings. The molecule has 1 heterocycles. The van der Waals surface area contributed by atoms with Crippen molar-refractivity contribution in [3.05, 3.63) is 42.5 Å². The maximum absolute atomic E-state index is 9.39. The molecule has 0 saturated heterocycles. The third-order valence-electron chi connectivity index (χ3n) is 3.17. The lowest BCUT2D eigenvalue weighted by Crippen LogP contribution is -2.31. The molecule has 0 bridgehead atoms. The van der Waals surface area contributed by atoms with E-state index in [1.807, 2.05) is 30.3 Å². The number of H-pyrrole nitrogens is 1. The molecule has 6 heteroatoms. The Balaban J connectivity index is 2.11. The zero-order valence-corrected chi connectivity index (χ0v) is 10.9. The average Bonchev–Trinajstić information content (AvgIpc) is 2.90. The van der Waals surface area contributed by atoms with E-state index in [9.17, 15) is 10.0 Å². The highest BCUT2D eigenvalue weighted by Crippen LogP contribution is 2.21. The van der Waals surface area contributed by atoms with Crippen LogP contribution in [0.25, 0.3) is 22.4 Å². The van der Waals surface area contributed by atoms with Crippen molar-refractivity contribution in [1.29, 1.82) is 0 Å². The van der Waals surface area contributed by atoms with Crippen LogP contribution in [0.4, 0.5) is 0 Å². The van der Waals surface area contributed by atoms with Gasteiger partial charge in [-0.1, -0.05) is 12.1 Å². The van der Waals surface area contributed by atoms with Crippen molar-refractivity contribution in [3.8, 4) is 17.1 Å². The van der Waals surface area contributed by atoms with E-state index in [1.54, 1.807) is 12.1 Å². The van der Waals surface area contributed by atoms with Gasteiger partial charge in [-0.3, -0.25) is 0 Å². The predicted molar refractivity (Wildman–Crippen MR) is 77.9 cm³/mol. The molecule has 0 saturated carbocycles. The van der Waals surface area contributed by atoms with E-state index < -0.39 is 7.12 Å². The largest absolute Gasteiger partial charge is 0.497 e. The van der Waals surface area contributed by atoms with E-state index in [4.69, 9.17) is 4.74 Å². The number of hydrogen-bond donors (Lipinski definition) is 3. The van der Waals surface area contributed by atoms with Crippen molar-refractivity contribution < 1.29 is 14.8 Å². The third kappa shape index (κ3) is 2.15. The maximum Gasteiger partial charge on any atom is 0.492 e. The Bertz CT molecular complexity index is 722. The van der Waals surface area contributed by atoms with E-state index >= 15 is 0 Å². The van der Waals surface area contributed by atoms with E-state index in [2.05, 4.69) is 9.97 Å². The molecule has 0 aliphatic rings. The molecule has 5 nitrogen and oxygen atoms in total. The standard InChI is InChI=1S/C14H13BN2O3/c1-20-13-7-6-9(8-10(13)15(18)19)14-16-11-4-2-3-5-12(11)17-14/h2-8,18-19H,1H3,(H,16,17). The minimum Gasteiger partial charge on any atom is -0.497 e. The van der Waals surface area contributed by atoms with Crippen molar-refractivity contribution in [1.82, 2.24) is 9.97 Å². The first kappa shape index (κ1) is 12.7. The molecule has 20 heavy (non-hydrogen) atoms. The lowest BCUT2D eigenvalue weighted by molar-refractivity contribution is 0.403. The fourth-order valence-electron chi connectivity index (χ4n) is 2.17. The first-order valence-corrected chi connectivity index (χ1v) is 6.18. The van der Waals surface area contributed by atoms with Gasteiger partial charge in [-0.2, -0.15) is 0 Å². The normalized spacial score (nSPS) is 10.8. The van der Waals surface area contributed by atoms with Crippen LogP contribution in [0, 0.1) is 0 Å². The molecule has 3 rings (SSSR count). The fourth-order valence-corrected chi connectivity index (χ4v) is 2.17.